The van der Waals surface area contributed by atoms with E-state index in [-0.39, 0.29) is 0 Å². The van der Waals surface area contributed by atoms with Crippen LogP contribution in [0.2, 0.25) is 0 Å². The molecule has 0 aliphatic carbocycles. The lowest BCUT2D eigenvalue weighted by Crippen LogP contribution is -2.27. The topological polar surface area (TPSA) is 38.1 Å². The Bertz CT molecular complexity index is 275. The van der Waals surface area contributed by atoms with Crippen molar-refractivity contribution in [1.29, 1.82) is 0 Å². The predicted molar refractivity (Wildman–Crippen MR) is 64.3 cm³/mol. The zero-order valence-electron chi connectivity index (χ0n) is 9.75. The number of aromatic nitrogens is 1. The molecule has 0 saturated carbocycles. The van der Waals surface area contributed by atoms with Crippen molar-refractivity contribution in [3.63, 3.8) is 0 Å². The van der Waals surface area contributed by atoms with E-state index in [1.54, 1.807) is 18.0 Å². The molecule has 15 heavy (non-hydrogen) atoms. The second kappa shape index (κ2) is 6.90. The first-order valence-corrected chi connectivity index (χ1v) is 6.49. The summed E-state index contributed by atoms with van der Waals surface area (Å²) in [5, 5.41) is 4.25. The molecule has 1 aromatic heterocycles. The van der Waals surface area contributed by atoms with Gasteiger partial charge in [0.2, 0.25) is 0 Å². The fourth-order valence-electron chi connectivity index (χ4n) is 1.38. The lowest BCUT2D eigenvalue weighted by molar-refractivity contribution is 0.453. The second-order valence-electron chi connectivity index (χ2n) is 3.75. The van der Waals surface area contributed by atoms with Gasteiger partial charge in [0.05, 0.1) is 5.69 Å². The van der Waals surface area contributed by atoms with Crippen molar-refractivity contribution in [2.45, 2.75) is 44.9 Å². The Hall–Kier alpha value is -0.480. The van der Waals surface area contributed by atoms with Crippen molar-refractivity contribution < 1.29 is 4.42 Å². The van der Waals surface area contributed by atoms with E-state index in [4.69, 9.17) is 4.42 Å². The third-order valence-electron chi connectivity index (χ3n) is 2.14. The van der Waals surface area contributed by atoms with Gasteiger partial charge in [0.25, 0.3) is 5.22 Å². The average Bonchev–Trinajstić information content (AvgIpc) is 2.60. The van der Waals surface area contributed by atoms with Crippen LogP contribution in [-0.2, 0) is 0 Å². The smallest absolute Gasteiger partial charge is 0.255 e. The van der Waals surface area contributed by atoms with E-state index < -0.39 is 0 Å². The number of rotatable bonds is 7. The SMILES string of the molecule is CCCC(C)NCCSc1nc(C)co1. The average molecular weight is 228 g/mol. The third-order valence-corrected chi connectivity index (χ3v) is 2.98. The van der Waals surface area contributed by atoms with Crippen LogP contribution in [0, 0.1) is 6.92 Å². The van der Waals surface area contributed by atoms with Crippen molar-refractivity contribution in [3.05, 3.63) is 12.0 Å². The Balaban J connectivity index is 2.06. The Labute approximate surface area is 96.0 Å². The highest BCUT2D eigenvalue weighted by Gasteiger charge is 2.02. The van der Waals surface area contributed by atoms with E-state index >= 15 is 0 Å². The summed E-state index contributed by atoms with van der Waals surface area (Å²) in [6.45, 7) is 7.38. The van der Waals surface area contributed by atoms with E-state index in [2.05, 4.69) is 24.1 Å². The van der Waals surface area contributed by atoms with E-state index in [9.17, 15) is 0 Å². The zero-order valence-corrected chi connectivity index (χ0v) is 10.6. The lowest BCUT2D eigenvalue weighted by Gasteiger charge is -2.11. The van der Waals surface area contributed by atoms with Crippen LogP contribution in [0.25, 0.3) is 0 Å². The molecule has 0 aromatic carbocycles. The van der Waals surface area contributed by atoms with Crippen LogP contribution >= 0.6 is 11.8 Å². The maximum Gasteiger partial charge on any atom is 0.255 e. The fourth-order valence-corrected chi connectivity index (χ4v) is 2.10. The largest absolute Gasteiger partial charge is 0.440 e. The molecule has 86 valence electrons. The van der Waals surface area contributed by atoms with Gasteiger partial charge in [-0.05, 0) is 20.3 Å². The van der Waals surface area contributed by atoms with Crippen molar-refractivity contribution >= 4 is 11.8 Å². The Morgan fingerprint density at radius 3 is 3.00 bits per heavy atom. The molecule has 1 atom stereocenters. The molecule has 1 unspecified atom stereocenters. The van der Waals surface area contributed by atoms with Crippen molar-refractivity contribution in [2.75, 3.05) is 12.3 Å². The Kier molecular flexibility index (Phi) is 5.79. The van der Waals surface area contributed by atoms with Crippen LogP contribution in [0.3, 0.4) is 0 Å². The summed E-state index contributed by atoms with van der Waals surface area (Å²) >= 11 is 1.66. The zero-order chi connectivity index (χ0) is 11.1. The molecule has 0 saturated heterocycles. The molecule has 0 amide bonds. The van der Waals surface area contributed by atoms with Gasteiger partial charge in [-0.15, -0.1) is 0 Å². The predicted octanol–water partition coefficient (Wildman–Crippen LogP) is 2.85. The van der Waals surface area contributed by atoms with Crippen LogP contribution in [0.1, 0.15) is 32.4 Å². The van der Waals surface area contributed by atoms with E-state index in [1.807, 2.05) is 6.92 Å². The molecule has 0 bridgehead atoms. The summed E-state index contributed by atoms with van der Waals surface area (Å²) in [4.78, 5) is 4.23. The maximum atomic E-state index is 5.24. The Morgan fingerprint density at radius 2 is 2.40 bits per heavy atom. The second-order valence-corrected chi connectivity index (χ2v) is 4.79. The van der Waals surface area contributed by atoms with Gasteiger partial charge in [-0.2, -0.15) is 0 Å². The van der Waals surface area contributed by atoms with Gasteiger partial charge in [0, 0.05) is 18.3 Å². The minimum Gasteiger partial charge on any atom is -0.440 e. The monoisotopic (exact) mass is 228 g/mol. The maximum absolute atomic E-state index is 5.24. The molecule has 1 rings (SSSR count). The van der Waals surface area contributed by atoms with Crippen molar-refractivity contribution in [1.82, 2.24) is 10.3 Å². The molecule has 0 radical (unpaired) electrons. The van der Waals surface area contributed by atoms with Crippen molar-refractivity contribution in [3.8, 4) is 0 Å². The molecule has 1 heterocycles. The van der Waals surface area contributed by atoms with Gasteiger partial charge >= 0.3 is 0 Å². The van der Waals surface area contributed by atoms with Gasteiger partial charge in [0.1, 0.15) is 6.26 Å². The standard InChI is InChI=1S/C11H20N2OS/c1-4-5-9(2)12-6-7-15-11-13-10(3)8-14-11/h8-9,12H,4-7H2,1-3H3. The molecule has 3 nitrogen and oxygen atoms in total. The third kappa shape index (κ3) is 5.23. The van der Waals surface area contributed by atoms with Crippen LogP contribution in [-0.4, -0.2) is 23.3 Å². The molecule has 4 heteroatoms. The summed E-state index contributed by atoms with van der Waals surface area (Å²) in [6.07, 6.45) is 4.17. The number of aryl methyl sites for hydroxylation is 1. The van der Waals surface area contributed by atoms with Crippen LogP contribution in [0.5, 0.6) is 0 Å². The number of nitrogens with one attached hydrogen (secondary N) is 1. The number of hydrogen-bond donors (Lipinski definition) is 1. The van der Waals surface area contributed by atoms with Crippen LogP contribution in [0.4, 0.5) is 0 Å². The molecule has 1 N–H and O–H groups in total. The van der Waals surface area contributed by atoms with E-state index in [1.165, 1.54) is 12.8 Å². The first-order valence-electron chi connectivity index (χ1n) is 5.50. The number of oxazole rings is 1. The molecular formula is C11H20N2OS. The summed E-state index contributed by atoms with van der Waals surface area (Å²) < 4.78 is 5.24. The highest BCUT2D eigenvalue weighted by Crippen LogP contribution is 2.15. The molecule has 0 aliphatic heterocycles. The Morgan fingerprint density at radius 1 is 1.60 bits per heavy atom. The quantitative estimate of drug-likeness (QED) is 0.575. The molecule has 0 spiro atoms. The summed E-state index contributed by atoms with van der Waals surface area (Å²) in [5.41, 5.74) is 0.949. The van der Waals surface area contributed by atoms with Crippen molar-refractivity contribution in [2.24, 2.45) is 0 Å². The van der Waals surface area contributed by atoms with Gasteiger partial charge in [-0.1, -0.05) is 25.1 Å². The number of thioether (sulfide) groups is 1. The van der Waals surface area contributed by atoms with Gasteiger partial charge < -0.3 is 9.73 Å². The summed E-state index contributed by atoms with van der Waals surface area (Å²) in [7, 11) is 0. The highest BCUT2D eigenvalue weighted by molar-refractivity contribution is 7.99. The first kappa shape index (κ1) is 12.6. The van der Waals surface area contributed by atoms with E-state index in [0.29, 0.717) is 6.04 Å². The van der Waals surface area contributed by atoms with Gasteiger partial charge in [0.15, 0.2) is 0 Å². The normalized spacial score (nSPS) is 13.0. The molecule has 1 aromatic rings. The lowest BCUT2D eigenvalue weighted by atomic mass is 10.2. The molecular weight excluding hydrogens is 208 g/mol. The molecule has 0 fully saturated rings. The minimum absolute atomic E-state index is 0.613. The summed E-state index contributed by atoms with van der Waals surface area (Å²) in [5.74, 6) is 1.01. The van der Waals surface area contributed by atoms with Gasteiger partial charge in [-0.25, -0.2) is 4.98 Å². The highest BCUT2D eigenvalue weighted by atomic mass is 32.2. The summed E-state index contributed by atoms with van der Waals surface area (Å²) in [6, 6.07) is 0.613. The van der Waals surface area contributed by atoms with Gasteiger partial charge in [-0.3, -0.25) is 0 Å². The first-order chi connectivity index (χ1) is 7.22. The van der Waals surface area contributed by atoms with Crippen LogP contribution < -0.4 is 5.32 Å². The minimum atomic E-state index is 0.613. The number of hydrogen-bond acceptors (Lipinski definition) is 4. The number of nitrogens with zero attached hydrogens (tertiary/aromatic N) is 1. The molecule has 0 aliphatic rings. The van der Waals surface area contributed by atoms with Crippen LogP contribution in [0.15, 0.2) is 15.9 Å². The van der Waals surface area contributed by atoms with E-state index in [0.717, 1.165) is 23.2 Å². The fraction of sp³-hybridized carbons (Fsp3) is 0.727.